The van der Waals surface area contributed by atoms with Gasteiger partial charge in [0.15, 0.2) is 6.61 Å². The van der Waals surface area contributed by atoms with Gasteiger partial charge in [-0.3, -0.25) is 14.4 Å². The largest absolute Gasteiger partial charge is 0.484 e. The van der Waals surface area contributed by atoms with E-state index in [9.17, 15) is 45.8 Å². The molecular weight excluding hydrogens is 600 g/mol. The first-order valence-electron chi connectivity index (χ1n) is 13.5. The molecular formula is C28H35F6N5O5. The number of carbonyl (C=O) groups is 3. The minimum absolute atomic E-state index is 0.0460. The fraction of sp³-hybridized carbons (Fsp3) is 0.464. The lowest BCUT2D eigenvalue weighted by molar-refractivity contribution is -0.153. The number of hydrogen-bond donors (Lipinski definition) is 5. The number of aliphatic hydroxyl groups excluding tert-OH is 1. The zero-order valence-corrected chi connectivity index (χ0v) is 23.8. The number of hydrogen-bond acceptors (Lipinski definition) is 7. The summed E-state index contributed by atoms with van der Waals surface area (Å²) in [6.07, 6.45) is -11.0. The van der Waals surface area contributed by atoms with E-state index < -0.39 is 54.4 Å². The van der Waals surface area contributed by atoms with Gasteiger partial charge in [0.25, 0.3) is 0 Å². The summed E-state index contributed by atoms with van der Waals surface area (Å²) < 4.78 is 80.9. The van der Waals surface area contributed by atoms with Crippen LogP contribution in [0.15, 0.2) is 48.5 Å². The quantitative estimate of drug-likeness (QED) is 0.188. The van der Waals surface area contributed by atoms with Crippen LogP contribution in [0.1, 0.15) is 37.0 Å². The van der Waals surface area contributed by atoms with Crippen LogP contribution in [0.5, 0.6) is 5.75 Å². The van der Waals surface area contributed by atoms with Gasteiger partial charge in [-0.25, -0.2) is 0 Å². The molecule has 3 atom stereocenters. The van der Waals surface area contributed by atoms with E-state index in [4.69, 9.17) is 11.5 Å². The number of nitrogens with zero attached hydrogens (tertiary/aromatic N) is 1. The molecule has 0 aromatic heterocycles. The van der Waals surface area contributed by atoms with Crippen molar-refractivity contribution in [3.8, 4) is 5.75 Å². The molecule has 16 heteroatoms. The molecule has 44 heavy (non-hydrogen) atoms. The lowest BCUT2D eigenvalue weighted by atomic mass is 9.98. The number of nitrogens with two attached hydrogens (primary N) is 2. The maximum Gasteiger partial charge on any atom is 0.422 e. The monoisotopic (exact) mass is 635 g/mol. The maximum absolute atomic E-state index is 13.2. The first-order chi connectivity index (χ1) is 20.6. The van der Waals surface area contributed by atoms with Crippen molar-refractivity contribution in [3.05, 3.63) is 59.7 Å². The number of anilines is 1. The number of nitrogens with one attached hydrogen (secondary N) is 2. The number of alkyl halides is 6. The van der Waals surface area contributed by atoms with Crippen molar-refractivity contribution >= 4 is 23.4 Å². The Morgan fingerprint density at radius 1 is 0.909 bits per heavy atom. The van der Waals surface area contributed by atoms with Crippen molar-refractivity contribution < 1.29 is 50.6 Å². The highest BCUT2D eigenvalue weighted by Crippen LogP contribution is 2.30. The molecule has 0 heterocycles. The second-order valence-electron chi connectivity index (χ2n) is 9.87. The summed E-state index contributed by atoms with van der Waals surface area (Å²) in [7, 11) is 0. The number of halogens is 6. The van der Waals surface area contributed by atoms with E-state index in [0.717, 1.165) is 24.3 Å². The Hall–Kier alpha value is -3.89. The number of benzene rings is 2. The van der Waals surface area contributed by atoms with Gasteiger partial charge in [-0.1, -0.05) is 19.1 Å². The summed E-state index contributed by atoms with van der Waals surface area (Å²) in [4.78, 5) is 40.2. The molecule has 2 rings (SSSR count). The molecule has 0 radical (unpaired) electrons. The van der Waals surface area contributed by atoms with E-state index in [1.165, 1.54) is 24.0 Å². The average Bonchev–Trinajstić information content (AvgIpc) is 2.96. The standard InChI is InChI=1S/C28H35F6N5O5/c1-17(2-11-22(40)39(14-12-35)15-13-36)25(42)38-23(24(41)18-3-5-19(6-4-18)28(32,33)34)26(43)37-20-7-9-21(10-8-20)44-16-27(29,30)31/h3-10,17,23-24,41H,2,11-16,35-36H2,1H3,(H,37,43)(H,38,42). The first kappa shape index (κ1) is 36.3. The summed E-state index contributed by atoms with van der Waals surface area (Å²) in [6, 6.07) is 6.35. The molecule has 0 saturated heterocycles. The van der Waals surface area contributed by atoms with Gasteiger partial charge in [0.2, 0.25) is 17.7 Å². The summed E-state index contributed by atoms with van der Waals surface area (Å²) in [6.45, 7) is 0.917. The molecule has 3 unspecified atom stereocenters. The van der Waals surface area contributed by atoms with Crippen molar-refractivity contribution in [2.75, 3.05) is 38.1 Å². The van der Waals surface area contributed by atoms with Gasteiger partial charge in [0, 0.05) is 44.2 Å². The molecule has 10 nitrogen and oxygen atoms in total. The van der Waals surface area contributed by atoms with Gasteiger partial charge < -0.3 is 36.8 Å². The topological polar surface area (TPSA) is 160 Å². The molecule has 0 aliphatic rings. The third kappa shape index (κ3) is 11.7. The van der Waals surface area contributed by atoms with Crippen molar-refractivity contribution in [2.24, 2.45) is 17.4 Å². The Morgan fingerprint density at radius 2 is 1.48 bits per heavy atom. The summed E-state index contributed by atoms with van der Waals surface area (Å²) in [5.41, 5.74) is 9.99. The Labute approximate surface area is 249 Å². The second kappa shape index (κ2) is 16.3. The molecule has 0 fully saturated rings. The van der Waals surface area contributed by atoms with E-state index in [1.54, 1.807) is 0 Å². The smallest absolute Gasteiger partial charge is 0.422 e. The molecule has 0 bridgehead atoms. The lowest BCUT2D eigenvalue weighted by Crippen LogP contribution is -2.49. The van der Waals surface area contributed by atoms with Gasteiger partial charge >= 0.3 is 12.4 Å². The van der Waals surface area contributed by atoms with Gasteiger partial charge in [-0.2, -0.15) is 26.3 Å². The van der Waals surface area contributed by atoms with Crippen LogP contribution in [-0.4, -0.2) is 72.7 Å². The zero-order valence-electron chi connectivity index (χ0n) is 23.8. The lowest BCUT2D eigenvalue weighted by Gasteiger charge is -2.26. The van der Waals surface area contributed by atoms with E-state index in [1.807, 2.05) is 0 Å². The van der Waals surface area contributed by atoms with Crippen LogP contribution >= 0.6 is 0 Å². The number of aliphatic hydroxyl groups is 1. The number of amides is 3. The number of rotatable bonds is 15. The van der Waals surface area contributed by atoms with Crippen molar-refractivity contribution in [1.29, 1.82) is 0 Å². The Morgan fingerprint density at radius 3 is 1.98 bits per heavy atom. The van der Waals surface area contributed by atoms with Crippen LogP contribution < -0.4 is 26.8 Å². The maximum atomic E-state index is 13.2. The molecule has 244 valence electrons. The zero-order chi connectivity index (χ0) is 33.1. The second-order valence-corrected chi connectivity index (χ2v) is 9.87. The molecule has 0 aliphatic heterocycles. The highest BCUT2D eigenvalue weighted by molar-refractivity contribution is 5.98. The predicted octanol–water partition coefficient (Wildman–Crippen LogP) is 2.97. The van der Waals surface area contributed by atoms with Crippen LogP contribution in [-0.2, 0) is 20.6 Å². The van der Waals surface area contributed by atoms with Gasteiger partial charge in [0.1, 0.15) is 17.9 Å². The average molecular weight is 636 g/mol. The van der Waals surface area contributed by atoms with Crippen molar-refractivity contribution in [3.63, 3.8) is 0 Å². The SMILES string of the molecule is CC(CCC(=O)N(CCN)CCN)C(=O)NC(C(=O)Nc1ccc(OCC(F)(F)F)cc1)C(O)c1ccc(C(F)(F)F)cc1. The summed E-state index contributed by atoms with van der Waals surface area (Å²) >= 11 is 0. The van der Waals surface area contributed by atoms with Crippen molar-refractivity contribution in [2.45, 2.75) is 44.3 Å². The highest BCUT2D eigenvalue weighted by Gasteiger charge is 2.34. The van der Waals surface area contributed by atoms with Gasteiger partial charge in [0.05, 0.1) is 5.56 Å². The molecule has 2 aromatic carbocycles. The molecule has 0 spiro atoms. The fourth-order valence-electron chi connectivity index (χ4n) is 3.97. The number of ether oxygens (including phenoxy) is 1. The van der Waals surface area contributed by atoms with Crippen LogP contribution in [0, 0.1) is 5.92 Å². The first-order valence-corrected chi connectivity index (χ1v) is 13.5. The minimum Gasteiger partial charge on any atom is -0.484 e. The van der Waals surface area contributed by atoms with E-state index >= 15 is 0 Å². The van der Waals surface area contributed by atoms with Crippen LogP contribution in [0.3, 0.4) is 0 Å². The van der Waals surface area contributed by atoms with Gasteiger partial charge in [-0.15, -0.1) is 0 Å². The molecule has 3 amide bonds. The third-order valence-electron chi connectivity index (χ3n) is 6.39. The summed E-state index contributed by atoms with van der Waals surface area (Å²) in [5, 5.41) is 15.8. The molecule has 2 aromatic rings. The van der Waals surface area contributed by atoms with Gasteiger partial charge in [-0.05, 0) is 48.4 Å². The van der Waals surface area contributed by atoms with Crippen LogP contribution in [0.2, 0.25) is 0 Å². The Bertz CT molecular complexity index is 1220. The number of carbonyl (C=O) groups excluding carboxylic acids is 3. The fourth-order valence-corrected chi connectivity index (χ4v) is 3.97. The van der Waals surface area contributed by atoms with E-state index in [0.29, 0.717) is 12.1 Å². The Balaban J connectivity index is 2.21. The molecule has 0 aliphatic carbocycles. The van der Waals surface area contributed by atoms with Crippen LogP contribution in [0.4, 0.5) is 32.0 Å². The minimum atomic E-state index is -4.65. The molecule has 0 saturated carbocycles. The van der Waals surface area contributed by atoms with Crippen LogP contribution in [0.25, 0.3) is 0 Å². The van der Waals surface area contributed by atoms with Crippen molar-refractivity contribution in [1.82, 2.24) is 10.2 Å². The normalized spacial score (nSPS) is 13.9. The van der Waals surface area contributed by atoms with E-state index in [2.05, 4.69) is 15.4 Å². The third-order valence-corrected chi connectivity index (χ3v) is 6.39. The highest BCUT2D eigenvalue weighted by atomic mass is 19.4. The molecule has 7 N–H and O–H groups in total. The predicted molar refractivity (Wildman–Crippen MR) is 148 cm³/mol. The summed E-state index contributed by atoms with van der Waals surface area (Å²) in [5.74, 6) is -2.98. The Kier molecular flexibility index (Phi) is 13.4. The van der Waals surface area contributed by atoms with E-state index in [-0.39, 0.29) is 61.9 Å².